The first-order chi connectivity index (χ1) is 40.5. The summed E-state index contributed by atoms with van der Waals surface area (Å²) < 4.78 is 391. The van der Waals surface area contributed by atoms with Crippen LogP contribution in [-0.2, 0) is 0 Å². The van der Waals surface area contributed by atoms with E-state index in [-0.39, 0.29) is 6.07 Å². The molecular weight excluding hydrogens is 1220 g/mol. The average molecular weight is 1230 g/mol. The SMILES string of the molecule is Fc1cc(-c2c(F)c(F)c(F)c(-c3cccc(-c4nc(-c5cccc(-c6c(F)c(F)c(F)c(-c7c(F)c(F)c(F)c(F)c7F)c6F)c5)nc(-c5cccc(-c6c(F)c(F)c(F)c(-c7c(F)c(F)c(F)c(F)c7F)c6F)c5)n4)c3)c2F)c(F)c(F)c1F. The number of rotatable bonds is 9. The van der Waals surface area contributed by atoms with Gasteiger partial charge in [0.15, 0.2) is 140 Å². The molecule has 0 spiro atoms. The first-order valence-electron chi connectivity index (χ1n) is 23.0. The van der Waals surface area contributed by atoms with Gasteiger partial charge in [0.2, 0.25) is 11.6 Å². The molecule has 0 atom stereocenters. The van der Waals surface area contributed by atoms with Crippen LogP contribution in [0.1, 0.15) is 0 Å². The van der Waals surface area contributed by atoms with Crippen molar-refractivity contribution in [2.75, 3.05) is 0 Å². The highest BCUT2D eigenvalue weighted by atomic mass is 19.2. The van der Waals surface area contributed by atoms with E-state index in [4.69, 9.17) is 0 Å². The molecule has 0 fully saturated rings. The molecule has 0 N–H and O–H groups in total. The lowest BCUT2D eigenvalue weighted by atomic mass is 9.94. The fourth-order valence-electron chi connectivity index (χ4n) is 8.94. The summed E-state index contributed by atoms with van der Waals surface area (Å²) in [5, 5.41) is 0. The Morgan fingerprint density at radius 1 is 0.174 bits per heavy atom. The standard InChI is InChI=1S/C57H13F26N3/c58-21-13-20(30(59)45(74)31(21)60)25-32(61)22(35(64)46(75)38(25)67)14-4-1-7-17(10-14)55-84-56(18-8-2-5-15(11-18)23-33(62)26(39(68)47(76)36(23)65)28-41(70)49(78)53(82)50(79)42(28)71)86-57(85-55)19-9-3-6-16(12-19)24-34(63)27(40(69)48(77)37(24)66)29-43(72)51(80)54(83)52(81)44(29)73/h1-13H. The lowest BCUT2D eigenvalue weighted by molar-refractivity contribution is 0.379. The van der Waals surface area contributed by atoms with Crippen molar-refractivity contribution in [3.05, 3.63) is 230 Å². The van der Waals surface area contributed by atoms with E-state index in [9.17, 15) is 61.5 Å². The van der Waals surface area contributed by atoms with Gasteiger partial charge in [0.05, 0.1) is 44.5 Å². The third-order valence-corrected chi connectivity index (χ3v) is 12.9. The molecule has 10 rings (SSSR count). The van der Waals surface area contributed by atoms with E-state index < -0.39 is 252 Å². The maximum atomic E-state index is 16.4. The van der Waals surface area contributed by atoms with Gasteiger partial charge in [-0.15, -0.1) is 0 Å². The highest BCUT2D eigenvalue weighted by molar-refractivity contribution is 5.83. The molecule has 0 unspecified atom stereocenters. The van der Waals surface area contributed by atoms with Gasteiger partial charge in [-0.2, -0.15) is 0 Å². The van der Waals surface area contributed by atoms with Gasteiger partial charge in [-0.3, -0.25) is 0 Å². The van der Waals surface area contributed by atoms with E-state index in [1.54, 1.807) is 0 Å². The number of halogens is 26. The quantitative estimate of drug-likeness (QED) is 0.0821. The minimum atomic E-state index is -2.88. The maximum Gasteiger partial charge on any atom is 0.200 e. The van der Waals surface area contributed by atoms with E-state index in [1.807, 2.05) is 0 Å². The van der Waals surface area contributed by atoms with Crippen molar-refractivity contribution < 1.29 is 114 Å². The Balaban J connectivity index is 1.20. The van der Waals surface area contributed by atoms with Gasteiger partial charge < -0.3 is 0 Å². The summed E-state index contributed by atoms with van der Waals surface area (Å²) >= 11 is 0. The van der Waals surface area contributed by atoms with E-state index >= 15 is 52.7 Å². The summed E-state index contributed by atoms with van der Waals surface area (Å²) in [4.78, 5) is 12.4. The molecule has 10 aromatic rings. The van der Waals surface area contributed by atoms with E-state index in [2.05, 4.69) is 15.0 Å². The van der Waals surface area contributed by atoms with Crippen molar-refractivity contribution in [1.82, 2.24) is 15.0 Å². The first kappa shape index (κ1) is 59.3. The van der Waals surface area contributed by atoms with Crippen molar-refractivity contribution in [3.63, 3.8) is 0 Å². The maximum absolute atomic E-state index is 16.4. The van der Waals surface area contributed by atoms with Crippen molar-refractivity contribution in [2.24, 2.45) is 0 Å². The minimum Gasteiger partial charge on any atom is -0.208 e. The Morgan fingerprint density at radius 2 is 0.384 bits per heavy atom. The van der Waals surface area contributed by atoms with Crippen molar-refractivity contribution >= 4 is 0 Å². The molecule has 9 aromatic carbocycles. The zero-order valence-electron chi connectivity index (χ0n) is 40.7. The number of nitrogens with zero attached hydrogens (tertiary/aromatic N) is 3. The second-order valence-electron chi connectivity index (χ2n) is 17.8. The van der Waals surface area contributed by atoms with Gasteiger partial charge in [-0.05, 0) is 41.0 Å². The molecule has 0 saturated carbocycles. The van der Waals surface area contributed by atoms with Gasteiger partial charge in [-0.1, -0.05) is 54.6 Å². The molecule has 3 nitrogen and oxygen atoms in total. The molecule has 438 valence electrons. The monoisotopic (exact) mass is 1230 g/mol. The van der Waals surface area contributed by atoms with Crippen LogP contribution in [0.4, 0.5) is 114 Å². The van der Waals surface area contributed by atoms with Crippen molar-refractivity contribution in [3.8, 4) is 101 Å². The zero-order chi connectivity index (χ0) is 62.7. The second kappa shape index (κ2) is 21.7. The predicted molar refractivity (Wildman–Crippen MR) is 248 cm³/mol. The minimum absolute atomic E-state index is 0.311. The van der Waals surface area contributed by atoms with Crippen LogP contribution in [0.15, 0.2) is 78.9 Å². The smallest absolute Gasteiger partial charge is 0.200 e. The Kier molecular flexibility index (Phi) is 14.9. The molecule has 0 bridgehead atoms. The predicted octanol–water partition coefficient (Wildman–Crippen LogP) is 18.5. The number of aromatic nitrogens is 3. The Bertz CT molecular complexity index is 4370. The fourth-order valence-corrected chi connectivity index (χ4v) is 8.94. The second-order valence-corrected chi connectivity index (χ2v) is 17.8. The van der Waals surface area contributed by atoms with Crippen molar-refractivity contribution in [1.29, 1.82) is 0 Å². The highest BCUT2D eigenvalue weighted by Crippen LogP contribution is 2.46. The summed E-state index contributed by atoms with van der Waals surface area (Å²) in [6, 6.07) is 8.64. The number of benzene rings is 9. The van der Waals surface area contributed by atoms with Crippen LogP contribution in [-0.4, -0.2) is 15.0 Å². The van der Waals surface area contributed by atoms with Crippen LogP contribution >= 0.6 is 0 Å². The summed E-state index contributed by atoms with van der Waals surface area (Å²) in [5.41, 5.74) is -23.5. The summed E-state index contributed by atoms with van der Waals surface area (Å²) in [7, 11) is 0. The third kappa shape index (κ3) is 9.16. The zero-order valence-corrected chi connectivity index (χ0v) is 40.7. The van der Waals surface area contributed by atoms with Gasteiger partial charge in [0.25, 0.3) is 0 Å². The normalized spacial score (nSPS) is 11.6. The Morgan fingerprint density at radius 3 is 0.686 bits per heavy atom. The van der Waals surface area contributed by atoms with Gasteiger partial charge in [0.1, 0.15) is 17.5 Å². The van der Waals surface area contributed by atoms with Crippen LogP contribution in [0.2, 0.25) is 0 Å². The molecule has 1 heterocycles. The van der Waals surface area contributed by atoms with Crippen LogP contribution in [0.3, 0.4) is 0 Å². The average Bonchev–Trinajstić information content (AvgIpc) is 0.888. The first-order valence-corrected chi connectivity index (χ1v) is 23.0. The molecule has 0 aliphatic carbocycles. The van der Waals surface area contributed by atoms with Crippen LogP contribution < -0.4 is 0 Å². The topological polar surface area (TPSA) is 38.7 Å². The molecular formula is C57H13F26N3. The molecule has 0 amide bonds. The Labute approximate surface area is 459 Å². The molecule has 29 heteroatoms. The fraction of sp³-hybridized carbons (Fsp3) is 0. The third-order valence-electron chi connectivity index (χ3n) is 12.9. The summed E-state index contributed by atoms with van der Waals surface area (Å²) in [6.07, 6.45) is 0. The van der Waals surface area contributed by atoms with Crippen LogP contribution in [0, 0.1) is 151 Å². The molecule has 1 aromatic heterocycles. The van der Waals surface area contributed by atoms with E-state index in [1.165, 1.54) is 0 Å². The molecule has 86 heavy (non-hydrogen) atoms. The van der Waals surface area contributed by atoms with Gasteiger partial charge >= 0.3 is 0 Å². The van der Waals surface area contributed by atoms with Crippen LogP contribution in [0.25, 0.3) is 101 Å². The number of hydrogen-bond acceptors (Lipinski definition) is 3. The Hall–Kier alpha value is -9.83. The van der Waals surface area contributed by atoms with Crippen LogP contribution in [0.5, 0.6) is 0 Å². The summed E-state index contributed by atoms with van der Waals surface area (Å²) in [6.45, 7) is 0. The summed E-state index contributed by atoms with van der Waals surface area (Å²) in [5.74, 6) is -72.4. The highest BCUT2D eigenvalue weighted by Gasteiger charge is 2.38. The van der Waals surface area contributed by atoms with E-state index in [0.717, 1.165) is 42.5 Å². The lowest BCUT2D eigenvalue weighted by Crippen LogP contribution is -2.10. The molecule has 0 aliphatic rings. The number of hydrogen-bond donors (Lipinski definition) is 0. The molecule has 0 saturated heterocycles. The molecule has 0 radical (unpaired) electrons. The van der Waals surface area contributed by atoms with Gasteiger partial charge in [-0.25, -0.2) is 129 Å². The van der Waals surface area contributed by atoms with Gasteiger partial charge in [0, 0.05) is 22.3 Å². The van der Waals surface area contributed by atoms with E-state index in [0.29, 0.717) is 30.3 Å². The molecule has 0 aliphatic heterocycles. The lowest BCUT2D eigenvalue weighted by Gasteiger charge is -2.16. The van der Waals surface area contributed by atoms with Crippen molar-refractivity contribution in [2.45, 2.75) is 0 Å². The largest absolute Gasteiger partial charge is 0.208 e.